The van der Waals surface area contributed by atoms with Crippen LogP contribution in [0.4, 0.5) is 0 Å². The Labute approximate surface area is 265 Å². The van der Waals surface area contributed by atoms with E-state index in [2.05, 4.69) is 83.4 Å². The van der Waals surface area contributed by atoms with Gasteiger partial charge in [-0.3, -0.25) is 0 Å². The lowest BCUT2D eigenvalue weighted by Crippen LogP contribution is -2.00. The zero-order valence-corrected chi connectivity index (χ0v) is 24.7. The third-order valence-corrected chi connectivity index (χ3v) is 8.46. The number of hydrogen-bond donors (Lipinski definition) is 0. The van der Waals surface area contributed by atoms with Crippen LogP contribution in [0.25, 0.3) is 83.9 Å². The van der Waals surface area contributed by atoms with Gasteiger partial charge in [0.25, 0.3) is 0 Å². The van der Waals surface area contributed by atoms with Gasteiger partial charge in [0, 0.05) is 38.7 Å². The number of aromatic nitrogens is 4. The first kappa shape index (κ1) is 26.1. The molecule has 0 fully saturated rings. The lowest BCUT2D eigenvalue weighted by Gasteiger charge is -2.10. The molecular formula is C41H26N4O. The molecule has 0 radical (unpaired) electrons. The van der Waals surface area contributed by atoms with Gasteiger partial charge in [0.15, 0.2) is 17.5 Å². The lowest BCUT2D eigenvalue weighted by atomic mass is 10.1. The van der Waals surface area contributed by atoms with Gasteiger partial charge < -0.3 is 8.98 Å². The van der Waals surface area contributed by atoms with Crippen molar-refractivity contribution >= 4 is 32.8 Å². The minimum absolute atomic E-state index is 0.632. The van der Waals surface area contributed by atoms with Crippen molar-refractivity contribution in [2.24, 2.45) is 0 Å². The molecule has 3 aromatic heterocycles. The summed E-state index contributed by atoms with van der Waals surface area (Å²) in [4.78, 5) is 14.7. The molecule has 5 heteroatoms. The maximum atomic E-state index is 6.56. The fraction of sp³-hybridized carbons (Fsp3) is 0. The molecule has 6 aromatic carbocycles. The summed E-state index contributed by atoms with van der Waals surface area (Å²) in [6.45, 7) is 0. The fourth-order valence-corrected chi connectivity index (χ4v) is 6.27. The minimum atomic E-state index is 0.632. The minimum Gasteiger partial charge on any atom is -0.455 e. The van der Waals surface area contributed by atoms with E-state index in [0.717, 1.165) is 66.5 Å². The van der Waals surface area contributed by atoms with Crippen LogP contribution in [0.15, 0.2) is 162 Å². The molecule has 0 aliphatic heterocycles. The van der Waals surface area contributed by atoms with Gasteiger partial charge in [-0.05, 0) is 48.5 Å². The standard InChI is InChI=1S/C41H26N4O/c1-4-12-27(13-5-1)36-26-31-22-25-35-37(38(31)46-36)33-18-10-11-19-34(33)45(35)32-23-20-30(21-24-32)41-43-39(28-14-6-2-7-15-28)42-40(44-41)29-16-8-3-9-17-29/h1-26H. The van der Waals surface area contributed by atoms with Crippen LogP contribution in [0, 0.1) is 0 Å². The third-order valence-electron chi connectivity index (χ3n) is 8.46. The van der Waals surface area contributed by atoms with E-state index in [0.29, 0.717) is 17.5 Å². The second-order valence-corrected chi connectivity index (χ2v) is 11.3. The van der Waals surface area contributed by atoms with E-state index in [1.54, 1.807) is 0 Å². The third kappa shape index (κ3) is 4.37. The van der Waals surface area contributed by atoms with Gasteiger partial charge in [-0.15, -0.1) is 0 Å². The van der Waals surface area contributed by atoms with Gasteiger partial charge in [-0.25, -0.2) is 15.0 Å². The van der Waals surface area contributed by atoms with Gasteiger partial charge >= 0.3 is 0 Å². The van der Waals surface area contributed by atoms with E-state index in [4.69, 9.17) is 19.4 Å². The van der Waals surface area contributed by atoms with E-state index in [9.17, 15) is 0 Å². The van der Waals surface area contributed by atoms with Crippen molar-refractivity contribution in [2.45, 2.75) is 0 Å². The molecule has 0 aliphatic carbocycles. The van der Waals surface area contributed by atoms with Gasteiger partial charge in [0.1, 0.15) is 11.3 Å². The quantitative estimate of drug-likeness (QED) is 0.200. The number of nitrogens with zero attached hydrogens (tertiary/aromatic N) is 4. The topological polar surface area (TPSA) is 56.7 Å². The van der Waals surface area contributed by atoms with Crippen molar-refractivity contribution in [3.05, 3.63) is 158 Å². The van der Waals surface area contributed by atoms with Crippen molar-refractivity contribution < 1.29 is 4.42 Å². The summed E-state index contributed by atoms with van der Waals surface area (Å²) in [6, 6.07) is 53.8. The van der Waals surface area contributed by atoms with Crippen LogP contribution >= 0.6 is 0 Å². The predicted molar refractivity (Wildman–Crippen MR) is 186 cm³/mol. The van der Waals surface area contributed by atoms with Crippen LogP contribution in [0.5, 0.6) is 0 Å². The van der Waals surface area contributed by atoms with Crippen molar-refractivity contribution in [1.29, 1.82) is 0 Å². The summed E-state index contributed by atoms with van der Waals surface area (Å²) in [6.07, 6.45) is 0. The summed E-state index contributed by atoms with van der Waals surface area (Å²) in [5, 5.41) is 3.35. The van der Waals surface area contributed by atoms with Crippen molar-refractivity contribution in [2.75, 3.05) is 0 Å². The Bertz CT molecular complexity index is 2440. The fourth-order valence-electron chi connectivity index (χ4n) is 6.27. The van der Waals surface area contributed by atoms with Crippen LogP contribution in [-0.2, 0) is 0 Å². The van der Waals surface area contributed by atoms with Gasteiger partial charge in [-0.1, -0.05) is 109 Å². The van der Waals surface area contributed by atoms with E-state index >= 15 is 0 Å². The Kier molecular flexibility index (Phi) is 6.06. The molecule has 0 saturated heterocycles. The number of fused-ring (bicyclic) bond motifs is 5. The summed E-state index contributed by atoms with van der Waals surface area (Å²) < 4.78 is 8.86. The van der Waals surface area contributed by atoms with E-state index in [1.165, 1.54) is 0 Å². The molecule has 0 saturated carbocycles. The Hall–Kier alpha value is -6.33. The molecule has 0 aliphatic rings. The maximum absolute atomic E-state index is 6.56. The normalized spacial score (nSPS) is 11.5. The zero-order valence-electron chi connectivity index (χ0n) is 24.7. The Morgan fingerprint density at radius 2 is 0.957 bits per heavy atom. The lowest BCUT2D eigenvalue weighted by molar-refractivity contribution is 0.635. The zero-order chi connectivity index (χ0) is 30.5. The molecule has 3 heterocycles. The summed E-state index contributed by atoms with van der Waals surface area (Å²) in [5.74, 6) is 2.79. The maximum Gasteiger partial charge on any atom is 0.164 e. The van der Waals surface area contributed by atoms with Crippen LogP contribution in [0.1, 0.15) is 0 Å². The highest BCUT2D eigenvalue weighted by atomic mass is 16.3. The SMILES string of the molecule is c1ccc(-c2nc(-c3ccccc3)nc(-c3ccc(-n4c5ccccc5c5c6oc(-c7ccccc7)cc6ccc54)cc3)n2)cc1. The van der Waals surface area contributed by atoms with Crippen LogP contribution in [0.3, 0.4) is 0 Å². The Morgan fingerprint density at radius 3 is 1.57 bits per heavy atom. The van der Waals surface area contributed by atoms with Gasteiger partial charge in [-0.2, -0.15) is 0 Å². The second kappa shape index (κ2) is 10.7. The largest absolute Gasteiger partial charge is 0.455 e. The summed E-state index contributed by atoms with van der Waals surface area (Å²) >= 11 is 0. The molecule has 5 nitrogen and oxygen atoms in total. The number of rotatable bonds is 5. The number of hydrogen-bond acceptors (Lipinski definition) is 4. The summed E-state index contributed by atoms with van der Waals surface area (Å²) in [7, 11) is 0. The van der Waals surface area contributed by atoms with Crippen LogP contribution in [-0.4, -0.2) is 19.5 Å². The van der Waals surface area contributed by atoms with Crippen molar-refractivity contribution in [1.82, 2.24) is 19.5 Å². The average molecular weight is 591 g/mol. The first-order valence-corrected chi connectivity index (χ1v) is 15.3. The van der Waals surface area contributed by atoms with Crippen LogP contribution in [0.2, 0.25) is 0 Å². The molecule has 0 N–H and O–H groups in total. The van der Waals surface area contributed by atoms with E-state index in [-0.39, 0.29) is 0 Å². The molecule has 9 aromatic rings. The van der Waals surface area contributed by atoms with Crippen molar-refractivity contribution in [3.8, 4) is 51.2 Å². The highest BCUT2D eigenvalue weighted by Crippen LogP contribution is 2.40. The van der Waals surface area contributed by atoms with Gasteiger partial charge in [0.05, 0.1) is 16.4 Å². The number of furan rings is 1. The number of benzene rings is 6. The van der Waals surface area contributed by atoms with E-state index < -0.39 is 0 Å². The molecule has 46 heavy (non-hydrogen) atoms. The highest BCUT2D eigenvalue weighted by Gasteiger charge is 2.18. The molecule has 9 rings (SSSR count). The molecule has 0 bridgehead atoms. The molecule has 0 amide bonds. The molecule has 0 atom stereocenters. The first-order chi connectivity index (χ1) is 22.8. The van der Waals surface area contributed by atoms with Crippen molar-refractivity contribution in [3.63, 3.8) is 0 Å². The predicted octanol–water partition coefficient (Wildman–Crippen LogP) is 10.4. The van der Waals surface area contributed by atoms with E-state index in [1.807, 2.05) is 78.9 Å². The summed E-state index contributed by atoms with van der Waals surface area (Å²) in [5.41, 5.74) is 8.04. The second-order valence-electron chi connectivity index (χ2n) is 11.3. The van der Waals surface area contributed by atoms with Gasteiger partial charge in [0.2, 0.25) is 0 Å². The number of para-hydroxylation sites is 1. The first-order valence-electron chi connectivity index (χ1n) is 15.3. The Balaban J connectivity index is 1.18. The smallest absolute Gasteiger partial charge is 0.164 e. The monoisotopic (exact) mass is 590 g/mol. The highest BCUT2D eigenvalue weighted by molar-refractivity contribution is 6.20. The molecule has 0 unspecified atom stereocenters. The van der Waals surface area contributed by atoms with Crippen LogP contribution < -0.4 is 0 Å². The Morgan fingerprint density at radius 1 is 0.435 bits per heavy atom. The molecule has 0 spiro atoms. The average Bonchev–Trinajstić information content (AvgIpc) is 3.72. The molecule has 216 valence electrons. The molecular weight excluding hydrogens is 564 g/mol.